The Morgan fingerprint density at radius 3 is 2.35 bits per heavy atom. The zero-order valence-corrected chi connectivity index (χ0v) is 20.6. The van der Waals surface area contributed by atoms with Crippen LogP contribution in [0, 0.1) is 11.8 Å². The zero-order chi connectivity index (χ0) is 23.5. The highest BCUT2D eigenvalue weighted by Gasteiger charge is 2.25. The number of para-hydroxylation sites is 1. The van der Waals surface area contributed by atoms with E-state index in [1.54, 1.807) is 18.2 Å². The number of halogens is 1. The maximum absolute atomic E-state index is 12.5. The molecule has 0 radical (unpaired) electrons. The van der Waals surface area contributed by atoms with Crippen molar-refractivity contribution in [3.8, 4) is 0 Å². The summed E-state index contributed by atoms with van der Waals surface area (Å²) in [5, 5.41) is 8.46. The van der Waals surface area contributed by atoms with Gasteiger partial charge in [0.15, 0.2) is 0 Å². The van der Waals surface area contributed by atoms with Gasteiger partial charge in [-0.25, -0.2) is 18.1 Å². The van der Waals surface area contributed by atoms with Gasteiger partial charge in [-0.15, -0.1) is 0 Å². The number of hydrogen-bond acceptors (Lipinski definition) is 6. The first-order valence-electron chi connectivity index (χ1n) is 12.0. The smallest absolute Gasteiger partial charge is 0.240 e. The highest BCUT2D eigenvalue weighted by Crippen LogP contribution is 2.31. The van der Waals surface area contributed by atoms with E-state index in [2.05, 4.69) is 21.4 Å². The molecule has 0 unspecified atom stereocenters. The van der Waals surface area contributed by atoms with E-state index in [1.165, 1.54) is 18.9 Å². The third kappa shape index (κ3) is 5.79. The minimum absolute atomic E-state index is 0.212. The average Bonchev–Trinajstić information content (AvgIpc) is 3.66. The number of nitrogens with zero attached hydrogens (tertiary/aromatic N) is 2. The molecule has 9 heteroatoms. The standard InChI is InChI=1S/C25H30ClN5O2S/c26-19-4-3-5-21(14-19)34(32,33)28-16-18-10-8-17(9-11-18)15-27-25-30-23-7-2-1-6-22(23)24(31-25)29-20-12-13-20/h1-7,14,17-18,20,28H,8-13,15-16H2,(H2,27,29,30,31). The van der Waals surface area contributed by atoms with Gasteiger partial charge in [-0.1, -0.05) is 29.8 Å². The maximum Gasteiger partial charge on any atom is 0.240 e. The van der Waals surface area contributed by atoms with Crippen molar-refractivity contribution in [3.63, 3.8) is 0 Å². The number of aromatic nitrogens is 2. The van der Waals surface area contributed by atoms with E-state index >= 15 is 0 Å². The van der Waals surface area contributed by atoms with Crippen LogP contribution in [0.5, 0.6) is 0 Å². The summed E-state index contributed by atoms with van der Waals surface area (Å²) in [5.41, 5.74) is 0.943. The summed E-state index contributed by atoms with van der Waals surface area (Å²) in [6.45, 7) is 1.28. The van der Waals surface area contributed by atoms with Crippen LogP contribution in [0.15, 0.2) is 53.4 Å². The molecule has 7 nitrogen and oxygen atoms in total. The molecule has 1 heterocycles. The molecule has 3 N–H and O–H groups in total. The molecule has 5 rings (SSSR count). The average molecular weight is 500 g/mol. The molecule has 3 aromatic rings. The van der Waals surface area contributed by atoms with Gasteiger partial charge < -0.3 is 10.6 Å². The monoisotopic (exact) mass is 499 g/mol. The Morgan fingerprint density at radius 1 is 0.882 bits per heavy atom. The van der Waals surface area contributed by atoms with Gasteiger partial charge in [0.2, 0.25) is 16.0 Å². The van der Waals surface area contributed by atoms with Gasteiger partial charge >= 0.3 is 0 Å². The van der Waals surface area contributed by atoms with Crippen LogP contribution in [0.4, 0.5) is 11.8 Å². The van der Waals surface area contributed by atoms with Crippen molar-refractivity contribution in [2.75, 3.05) is 23.7 Å². The summed E-state index contributed by atoms with van der Waals surface area (Å²) >= 11 is 5.94. The Kier molecular flexibility index (Phi) is 6.90. The lowest BCUT2D eigenvalue weighted by Crippen LogP contribution is -2.32. The number of nitrogens with one attached hydrogen (secondary N) is 3. The molecule has 0 bridgehead atoms. The minimum Gasteiger partial charge on any atom is -0.367 e. The lowest BCUT2D eigenvalue weighted by molar-refractivity contribution is 0.284. The van der Waals surface area contributed by atoms with Crippen LogP contribution in [-0.4, -0.2) is 37.5 Å². The maximum atomic E-state index is 12.5. The van der Waals surface area contributed by atoms with Crippen LogP contribution in [-0.2, 0) is 10.0 Å². The molecule has 2 saturated carbocycles. The molecule has 0 atom stereocenters. The first kappa shape index (κ1) is 23.3. The van der Waals surface area contributed by atoms with Gasteiger partial charge in [0, 0.05) is 29.5 Å². The van der Waals surface area contributed by atoms with E-state index in [9.17, 15) is 8.42 Å². The predicted octanol–water partition coefficient (Wildman–Crippen LogP) is 5.05. The van der Waals surface area contributed by atoms with E-state index in [1.807, 2.05) is 18.2 Å². The SMILES string of the molecule is O=S(=O)(NCC1CCC(CNc2nc(NC3CC3)c3ccccc3n2)CC1)c1cccc(Cl)c1. The fourth-order valence-corrected chi connectivity index (χ4v) is 5.92. The van der Waals surface area contributed by atoms with Crippen LogP contribution >= 0.6 is 11.6 Å². The quantitative estimate of drug-likeness (QED) is 0.381. The fraction of sp³-hybridized carbons (Fsp3) is 0.440. The Bertz CT molecular complexity index is 1260. The van der Waals surface area contributed by atoms with Gasteiger partial charge in [-0.2, -0.15) is 4.98 Å². The van der Waals surface area contributed by atoms with Crippen molar-refractivity contribution in [2.45, 2.75) is 49.5 Å². The topological polar surface area (TPSA) is 96.0 Å². The fourth-order valence-electron chi connectivity index (χ4n) is 4.51. The summed E-state index contributed by atoms with van der Waals surface area (Å²) in [7, 11) is -3.54. The lowest BCUT2D eigenvalue weighted by atomic mass is 9.82. The van der Waals surface area contributed by atoms with Crippen molar-refractivity contribution >= 4 is 44.3 Å². The highest BCUT2D eigenvalue weighted by atomic mass is 35.5. The third-order valence-electron chi connectivity index (χ3n) is 6.71. The largest absolute Gasteiger partial charge is 0.367 e. The Labute approximate surface area is 205 Å². The first-order chi connectivity index (χ1) is 16.5. The number of hydrogen-bond donors (Lipinski definition) is 3. The Morgan fingerprint density at radius 2 is 1.62 bits per heavy atom. The highest BCUT2D eigenvalue weighted by molar-refractivity contribution is 7.89. The van der Waals surface area contributed by atoms with Crippen LogP contribution in [0.2, 0.25) is 5.02 Å². The molecular formula is C25H30ClN5O2S. The van der Waals surface area contributed by atoms with E-state index in [-0.39, 0.29) is 4.90 Å². The molecule has 180 valence electrons. The molecule has 2 aliphatic rings. The lowest BCUT2D eigenvalue weighted by Gasteiger charge is -2.28. The Hall–Kier alpha value is -2.42. The summed E-state index contributed by atoms with van der Waals surface area (Å²) < 4.78 is 27.8. The number of anilines is 2. The normalized spacial score (nSPS) is 20.9. The molecule has 0 saturated heterocycles. The third-order valence-corrected chi connectivity index (χ3v) is 8.36. The van der Waals surface area contributed by atoms with E-state index in [0.717, 1.165) is 48.9 Å². The molecule has 0 amide bonds. The van der Waals surface area contributed by atoms with Crippen LogP contribution in [0.25, 0.3) is 10.9 Å². The number of rotatable bonds is 9. The van der Waals surface area contributed by atoms with Crippen molar-refractivity contribution in [1.29, 1.82) is 0 Å². The van der Waals surface area contributed by atoms with Crippen LogP contribution < -0.4 is 15.4 Å². The minimum atomic E-state index is -3.54. The van der Waals surface area contributed by atoms with E-state index in [4.69, 9.17) is 21.6 Å². The van der Waals surface area contributed by atoms with Crippen LogP contribution in [0.1, 0.15) is 38.5 Å². The molecule has 1 aromatic heterocycles. The second kappa shape index (κ2) is 10.1. The zero-order valence-electron chi connectivity index (χ0n) is 19.0. The van der Waals surface area contributed by atoms with Gasteiger partial charge in [0.05, 0.1) is 10.4 Å². The molecule has 0 spiro atoms. The predicted molar refractivity (Wildman–Crippen MR) is 137 cm³/mol. The number of sulfonamides is 1. The number of fused-ring (bicyclic) bond motifs is 1. The molecule has 2 fully saturated rings. The van der Waals surface area contributed by atoms with E-state index < -0.39 is 10.0 Å². The number of benzene rings is 2. The van der Waals surface area contributed by atoms with Crippen molar-refractivity contribution in [1.82, 2.24) is 14.7 Å². The second-order valence-corrected chi connectivity index (χ2v) is 11.6. The molecule has 34 heavy (non-hydrogen) atoms. The summed E-state index contributed by atoms with van der Waals surface area (Å²) in [6.07, 6.45) is 6.49. The summed E-state index contributed by atoms with van der Waals surface area (Å²) in [6, 6.07) is 15.0. The van der Waals surface area contributed by atoms with Crippen molar-refractivity contribution < 1.29 is 8.42 Å². The van der Waals surface area contributed by atoms with E-state index in [0.29, 0.717) is 35.4 Å². The summed E-state index contributed by atoms with van der Waals surface area (Å²) in [5.74, 6) is 2.44. The van der Waals surface area contributed by atoms with Crippen molar-refractivity contribution in [3.05, 3.63) is 53.6 Å². The molecular weight excluding hydrogens is 470 g/mol. The Balaban J connectivity index is 1.12. The van der Waals surface area contributed by atoms with Crippen LogP contribution in [0.3, 0.4) is 0 Å². The molecule has 2 aromatic carbocycles. The van der Waals surface area contributed by atoms with Gasteiger partial charge in [-0.3, -0.25) is 0 Å². The molecule has 2 aliphatic carbocycles. The summed E-state index contributed by atoms with van der Waals surface area (Å²) in [4.78, 5) is 9.67. The molecule has 0 aliphatic heterocycles. The first-order valence-corrected chi connectivity index (χ1v) is 13.8. The van der Waals surface area contributed by atoms with Gasteiger partial charge in [0.25, 0.3) is 0 Å². The van der Waals surface area contributed by atoms with Gasteiger partial charge in [-0.05, 0) is 80.7 Å². The van der Waals surface area contributed by atoms with Crippen molar-refractivity contribution in [2.24, 2.45) is 11.8 Å². The second-order valence-electron chi connectivity index (χ2n) is 9.41. The van der Waals surface area contributed by atoms with Gasteiger partial charge in [0.1, 0.15) is 5.82 Å².